The van der Waals surface area contributed by atoms with Crippen LogP contribution >= 0.6 is 0 Å². The summed E-state index contributed by atoms with van der Waals surface area (Å²) in [5.41, 5.74) is 0.286. The van der Waals surface area contributed by atoms with Crippen LogP contribution < -0.4 is 5.32 Å². The molecule has 1 heterocycles. The van der Waals surface area contributed by atoms with Crippen LogP contribution in [-0.4, -0.2) is 36.3 Å². The molecular weight excluding hydrogens is 372 g/mol. The van der Waals surface area contributed by atoms with Crippen molar-refractivity contribution >= 4 is 11.8 Å². The third-order valence-corrected chi connectivity index (χ3v) is 9.55. The van der Waals surface area contributed by atoms with Crippen molar-refractivity contribution in [1.82, 2.24) is 10.2 Å². The normalized spacial score (nSPS) is 45.6. The summed E-state index contributed by atoms with van der Waals surface area (Å²) in [5, 5.41) is 3.29. The van der Waals surface area contributed by atoms with E-state index in [0.717, 1.165) is 19.4 Å². The molecule has 3 fully saturated rings. The van der Waals surface area contributed by atoms with Gasteiger partial charge in [0.2, 0.25) is 11.8 Å². The number of carbonyl (C=O) groups is 2. The van der Waals surface area contributed by atoms with Gasteiger partial charge in [0.1, 0.15) is 0 Å². The predicted octanol–water partition coefficient (Wildman–Crippen LogP) is 4.65. The largest absolute Gasteiger partial charge is 0.355 e. The number of hydrogen-bond donors (Lipinski definition) is 1. The minimum Gasteiger partial charge on any atom is -0.355 e. The van der Waals surface area contributed by atoms with Gasteiger partial charge >= 0.3 is 0 Å². The smallest absolute Gasteiger partial charge is 0.246 e. The van der Waals surface area contributed by atoms with Crippen molar-refractivity contribution < 1.29 is 9.59 Å². The van der Waals surface area contributed by atoms with E-state index >= 15 is 0 Å². The first-order valence-electron chi connectivity index (χ1n) is 12.1. The number of nitrogens with one attached hydrogen (secondary N) is 1. The van der Waals surface area contributed by atoms with Crippen LogP contribution in [0.1, 0.15) is 73.6 Å². The fourth-order valence-electron chi connectivity index (χ4n) is 8.12. The summed E-state index contributed by atoms with van der Waals surface area (Å²) < 4.78 is 0. The number of likely N-dealkylation sites (N-methyl/N-ethyl adjacent to an activating group) is 1. The Bertz CT molecular complexity index is 753. The van der Waals surface area contributed by atoms with Gasteiger partial charge in [0.25, 0.3) is 0 Å². The van der Waals surface area contributed by atoms with Crippen LogP contribution in [0.4, 0.5) is 0 Å². The highest BCUT2D eigenvalue weighted by atomic mass is 16.2. The second-order valence-corrected chi connectivity index (χ2v) is 12.6. The molecule has 8 atom stereocenters. The summed E-state index contributed by atoms with van der Waals surface area (Å²) in [6, 6.07) is 0.324. The van der Waals surface area contributed by atoms with Crippen molar-refractivity contribution in [3.8, 4) is 0 Å². The van der Waals surface area contributed by atoms with Crippen molar-refractivity contribution in [2.24, 2.45) is 45.8 Å². The molecule has 2 amide bonds. The van der Waals surface area contributed by atoms with Gasteiger partial charge in [-0.3, -0.25) is 9.59 Å². The predicted molar refractivity (Wildman–Crippen MR) is 121 cm³/mol. The van der Waals surface area contributed by atoms with E-state index in [-0.39, 0.29) is 34.0 Å². The maximum Gasteiger partial charge on any atom is 0.246 e. The van der Waals surface area contributed by atoms with Crippen molar-refractivity contribution in [2.75, 3.05) is 13.6 Å². The van der Waals surface area contributed by atoms with Crippen LogP contribution in [0.15, 0.2) is 12.2 Å². The van der Waals surface area contributed by atoms with Crippen LogP contribution in [0.5, 0.6) is 0 Å². The highest BCUT2D eigenvalue weighted by molar-refractivity contribution is 5.89. The molecule has 0 aromatic heterocycles. The summed E-state index contributed by atoms with van der Waals surface area (Å²) in [6.07, 6.45) is 9.81. The van der Waals surface area contributed by atoms with Crippen LogP contribution in [0.3, 0.4) is 0 Å². The summed E-state index contributed by atoms with van der Waals surface area (Å²) >= 11 is 0. The Labute approximate surface area is 183 Å². The van der Waals surface area contributed by atoms with E-state index in [2.05, 4.69) is 52.9 Å². The second-order valence-electron chi connectivity index (χ2n) is 12.6. The number of fused-ring (bicyclic) bond motifs is 5. The molecule has 3 aliphatic carbocycles. The molecule has 0 bridgehead atoms. The lowest BCUT2D eigenvalue weighted by atomic mass is 9.47. The molecule has 0 spiro atoms. The molecule has 4 heteroatoms. The first-order chi connectivity index (χ1) is 13.9. The molecule has 3 saturated carbocycles. The zero-order valence-electron chi connectivity index (χ0n) is 20.1. The Morgan fingerprint density at radius 1 is 1.20 bits per heavy atom. The average Bonchev–Trinajstić information content (AvgIpc) is 2.93. The highest BCUT2D eigenvalue weighted by Gasteiger charge is 2.63. The second kappa shape index (κ2) is 7.10. The van der Waals surface area contributed by atoms with E-state index in [9.17, 15) is 9.59 Å². The first kappa shape index (κ1) is 21.9. The summed E-state index contributed by atoms with van der Waals surface area (Å²) in [4.78, 5) is 27.6. The number of amides is 2. The van der Waals surface area contributed by atoms with E-state index in [4.69, 9.17) is 0 Å². The Morgan fingerprint density at radius 3 is 2.57 bits per heavy atom. The van der Waals surface area contributed by atoms with Crippen LogP contribution in [0, 0.1) is 45.8 Å². The standard InChI is InChI=1S/C26H42N2O2/c1-16-14-19-17-8-9-20-25(5,13-11-21(29)28(20)7)18(17)10-12-26(19,6)22(16)23(30)27-15-24(2,3)4/h11,13,16-20,22H,8-10,12,14-15H2,1-7H3,(H,27,30)/t16?,17-,18-,19+,20?,22?,25-,26+/m1/s1. The molecule has 4 aliphatic rings. The van der Waals surface area contributed by atoms with Crippen LogP contribution in [-0.2, 0) is 9.59 Å². The van der Waals surface area contributed by atoms with E-state index < -0.39 is 0 Å². The number of nitrogens with zero attached hydrogens (tertiary/aromatic N) is 1. The Kier molecular flexibility index (Phi) is 5.18. The molecule has 1 aliphatic heterocycles. The molecule has 0 aromatic rings. The van der Waals surface area contributed by atoms with Crippen LogP contribution in [0.25, 0.3) is 0 Å². The lowest BCUT2D eigenvalue weighted by molar-refractivity contribution is -0.142. The van der Waals surface area contributed by atoms with Crippen molar-refractivity contribution in [3.05, 3.63) is 12.2 Å². The third kappa shape index (κ3) is 3.24. The van der Waals surface area contributed by atoms with Crippen molar-refractivity contribution in [3.63, 3.8) is 0 Å². The molecule has 3 unspecified atom stereocenters. The molecule has 30 heavy (non-hydrogen) atoms. The van der Waals surface area contributed by atoms with Gasteiger partial charge in [0, 0.05) is 31.0 Å². The Hall–Kier alpha value is -1.32. The van der Waals surface area contributed by atoms with Gasteiger partial charge in [-0.25, -0.2) is 0 Å². The van der Waals surface area contributed by atoms with E-state index in [1.165, 1.54) is 19.3 Å². The third-order valence-electron chi connectivity index (χ3n) is 9.55. The summed E-state index contributed by atoms with van der Waals surface area (Å²) in [6.45, 7) is 14.4. The number of hydrogen-bond acceptors (Lipinski definition) is 2. The minimum atomic E-state index is 0.0721. The van der Waals surface area contributed by atoms with Gasteiger partial charge in [-0.1, -0.05) is 47.6 Å². The van der Waals surface area contributed by atoms with Gasteiger partial charge in [-0.15, -0.1) is 0 Å². The lowest BCUT2D eigenvalue weighted by Crippen LogP contribution is -2.60. The topological polar surface area (TPSA) is 49.4 Å². The zero-order chi connectivity index (χ0) is 22.1. The maximum atomic E-state index is 13.3. The van der Waals surface area contributed by atoms with Crippen LogP contribution in [0.2, 0.25) is 0 Å². The first-order valence-corrected chi connectivity index (χ1v) is 12.1. The Balaban J connectivity index is 1.58. The molecular formula is C26H42N2O2. The molecule has 4 nitrogen and oxygen atoms in total. The van der Waals surface area contributed by atoms with Gasteiger partial charge in [0.05, 0.1) is 0 Å². The number of carbonyl (C=O) groups excluding carboxylic acids is 2. The maximum absolute atomic E-state index is 13.3. The highest BCUT2D eigenvalue weighted by Crippen LogP contribution is 2.66. The SMILES string of the molecule is CC1C[C@H]2[C@@H]3CCC4N(C)C(=O)C=C[C@]4(C)[C@@H]3CC[C@]2(C)C1C(=O)NCC(C)(C)C. The zero-order valence-corrected chi connectivity index (χ0v) is 20.1. The average molecular weight is 415 g/mol. The Morgan fingerprint density at radius 2 is 1.90 bits per heavy atom. The van der Waals surface area contributed by atoms with Gasteiger partial charge in [0.15, 0.2) is 0 Å². The molecule has 0 saturated heterocycles. The van der Waals surface area contributed by atoms with E-state index in [1.807, 2.05) is 18.0 Å². The fraction of sp³-hybridized carbons (Fsp3) is 0.846. The summed E-state index contributed by atoms with van der Waals surface area (Å²) in [5.74, 6) is 2.90. The fourth-order valence-corrected chi connectivity index (χ4v) is 8.12. The molecule has 0 aromatic carbocycles. The van der Waals surface area contributed by atoms with Gasteiger partial charge in [-0.05, 0) is 72.7 Å². The molecule has 168 valence electrons. The van der Waals surface area contributed by atoms with Crippen molar-refractivity contribution in [2.45, 2.75) is 79.7 Å². The minimum absolute atomic E-state index is 0.0721. The van der Waals surface area contributed by atoms with Gasteiger partial charge < -0.3 is 10.2 Å². The van der Waals surface area contributed by atoms with Gasteiger partial charge in [-0.2, -0.15) is 0 Å². The number of rotatable bonds is 2. The summed E-state index contributed by atoms with van der Waals surface area (Å²) in [7, 11) is 1.98. The van der Waals surface area contributed by atoms with E-state index in [0.29, 0.717) is 29.7 Å². The van der Waals surface area contributed by atoms with Crippen molar-refractivity contribution in [1.29, 1.82) is 0 Å². The lowest BCUT2D eigenvalue weighted by Gasteiger charge is -2.60. The monoisotopic (exact) mass is 414 g/mol. The quantitative estimate of drug-likeness (QED) is 0.715. The molecule has 4 rings (SSSR count). The molecule has 0 radical (unpaired) electrons. The molecule has 1 N–H and O–H groups in total. The van der Waals surface area contributed by atoms with E-state index in [1.54, 1.807) is 0 Å².